The molecule has 0 atom stereocenters. The lowest BCUT2D eigenvalue weighted by Crippen LogP contribution is -2.14. The molecule has 0 unspecified atom stereocenters. The van der Waals surface area contributed by atoms with E-state index in [9.17, 15) is 18.0 Å². The van der Waals surface area contributed by atoms with Crippen molar-refractivity contribution in [1.82, 2.24) is 0 Å². The number of methoxy groups -OCH3 is 1. The van der Waals surface area contributed by atoms with Crippen molar-refractivity contribution in [3.63, 3.8) is 0 Å². The molecule has 1 N–H and O–H groups in total. The van der Waals surface area contributed by atoms with E-state index in [1.165, 1.54) is 13.2 Å². The summed E-state index contributed by atoms with van der Waals surface area (Å²) in [6, 6.07) is 13.9. The number of fused-ring (bicyclic) bond motifs is 1. The van der Waals surface area contributed by atoms with Gasteiger partial charge in [-0.05, 0) is 41.1 Å². The van der Waals surface area contributed by atoms with Crippen molar-refractivity contribution in [3.8, 4) is 5.75 Å². The van der Waals surface area contributed by atoms with Crippen LogP contribution in [0.5, 0.6) is 5.75 Å². The second kappa shape index (κ2) is 6.88. The molecule has 0 bridgehead atoms. The fourth-order valence-corrected chi connectivity index (χ4v) is 2.81. The number of amides is 1. The van der Waals surface area contributed by atoms with Gasteiger partial charge in [-0.3, -0.25) is 4.79 Å². The molecule has 3 rings (SSSR count). The van der Waals surface area contributed by atoms with E-state index in [0.717, 1.165) is 22.9 Å². The van der Waals surface area contributed by atoms with E-state index in [2.05, 4.69) is 5.32 Å². The highest BCUT2D eigenvalue weighted by atomic mass is 35.5. The van der Waals surface area contributed by atoms with Crippen LogP contribution in [0.3, 0.4) is 0 Å². The van der Waals surface area contributed by atoms with Gasteiger partial charge in [-0.2, -0.15) is 13.2 Å². The number of rotatable bonds is 3. The average Bonchev–Trinajstić information content (AvgIpc) is 2.61. The molecule has 0 fully saturated rings. The van der Waals surface area contributed by atoms with Crippen LogP contribution in [0.4, 0.5) is 18.9 Å². The van der Waals surface area contributed by atoms with Gasteiger partial charge in [0.15, 0.2) is 0 Å². The maximum atomic E-state index is 13.0. The first-order chi connectivity index (χ1) is 12.3. The number of ether oxygens (including phenoxy) is 1. The summed E-state index contributed by atoms with van der Waals surface area (Å²) in [7, 11) is 1.42. The number of alkyl halides is 3. The topological polar surface area (TPSA) is 38.3 Å². The van der Waals surface area contributed by atoms with Crippen LogP contribution in [0.25, 0.3) is 10.8 Å². The highest BCUT2D eigenvalue weighted by molar-refractivity contribution is 6.31. The van der Waals surface area contributed by atoms with Gasteiger partial charge in [0.25, 0.3) is 5.91 Å². The Kier molecular flexibility index (Phi) is 4.78. The van der Waals surface area contributed by atoms with Crippen molar-refractivity contribution < 1.29 is 22.7 Å². The molecule has 0 aliphatic carbocycles. The van der Waals surface area contributed by atoms with Gasteiger partial charge >= 0.3 is 6.18 Å². The summed E-state index contributed by atoms with van der Waals surface area (Å²) in [6.45, 7) is 0. The maximum absolute atomic E-state index is 13.0. The zero-order valence-corrected chi connectivity index (χ0v) is 14.3. The number of carbonyl (C=O) groups excluding carboxylic acids is 1. The molecule has 0 spiro atoms. The lowest BCUT2D eigenvalue weighted by atomic mass is 10.0. The molecule has 7 heteroatoms. The molecule has 26 heavy (non-hydrogen) atoms. The molecule has 3 nitrogen and oxygen atoms in total. The smallest absolute Gasteiger partial charge is 0.417 e. The summed E-state index contributed by atoms with van der Waals surface area (Å²) >= 11 is 5.59. The van der Waals surface area contributed by atoms with E-state index in [1.54, 1.807) is 12.1 Å². The summed E-state index contributed by atoms with van der Waals surface area (Å²) in [4.78, 5) is 12.6. The number of nitrogens with one attached hydrogen (secondary N) is 1. The molecule has 0 saturated heterocycles. The Balaban J connectivity index is 1.97. The van der Waals surface area contributed by atoms with Gasteiger partial charge in [0, 0.05) is 5.69 Å². The minimum Gasteiger partial charge on any atom is -0.496 e. The molecule has 3 aromatic rings. The normalized spacial score (nSPS) is 11.4. The van der Waals surface area contributed by atoms with Gasteiger partial charge in [0.2, 0.25) is 0 Å². The van der Waals surface area contributed by atoms with Crippen molar-refractivity contribution in [2.75, 3.05) is 12.4 Å². The van der Waals surface area contributed by atoms with Crippen molar-refractivity contribution >= 4 is 34.0 Å². The summed E-state index contributed by atoms with van der Waals surface area (Å²) < 4.78 is 44.1. The second-order valence-electron chi connectivity index (χ2n) is 5.55. The quantitative estimate of drug-likeness (QED) is 0.627. The van der Waals surface area contributed by atoms with Crippen LogP contribution in [0, 0.1) is 0 Å². The van der Waals surface area contributed by atoms with Crippen molar-refractivity contribution in [2.45, 2.75) is 6.18 Å². The van der Waals surface area contributed by atoms with E-state index in [0.29, 0.717) is 5.75 Å². The number of benzene rings is 3. The largest absolute Gasteiger partial charge is 0.496 e. The maximum Gasteiger partial charge on any atom is 0.417 e. The average molecular weight is 380 g/mol. The minimum atomic E-state index is -4.61. The van der Waals surface area contributed by atoms with E-state index < -0.39 is 22.7 Å². The summed E-state index contributed by atoms with van der Waals surface area (Å²) in [6.07, 6.45) is -4.61. The van der Waals surface area contributed by atoms with E-state index in [4.69, 9.17) is 16.3 Å². The molecule has 0 aliphatic heterocycles. The van der Waals surface area contributed by atoms with E-state index in [-0.39, 0.29) is 11.3 Å². The Bertz CT molecular complexity index is 986. The molecule has 134 valence electrons. The second-order valence-corrected chi connectivity index (χ2v) is 5.95. The molecule has 0 saturated carbocycles. The third-order valence-corrected chi connectivity index (χ3v) is 4.17. The first kappa shape index (κ1) is 18.1. The SMILES string of the molecule is COc1cc2ccccc2cc1C(=O)Nc1ccc(Cl)c(C(F)(F)F)c1. The van der Waals surface area contributed by atoms with Crippen LogP contribution in [-0.2, 0) is 6.18 Å². The molecule has 0 aliphatic rings. The standard InChI is InChI=1S/C19H13ClF3NO2/c1-26-17-9-12-5-3-2-4-11(12)8-14(17)18(25)24-13-6-7-16(20)15(10-13)19(21,22)23/h2-10H,1H3,(H,24,25). The van der Waals surface area contributed by atoms with E-state index in [1.807, 2.05) is 24.3 Å². The fraction of sp³-hybridized carbons (Fsp3) is 0.105. The van der Waals surface area contributed by atoms with Crippen LogP contribution < -0.4 is 10.1 Å². The molecule has 0 radical (unpaired) electrons. The van der Waals surface area contributed by atoms with Crippen LogP contribution in [0.2, 0.25) is 5.02 Å². The number of hydrogen-bond acceptors (Lipinski definition) is 2. The highest BCUT2D eigenvalue weighted by Crippen LogP contribution is 2.36. The van der Waals surface area contributed by atoms with Gasteiger partial charge in [-0.25, -0.2) is 0 Å². The third kappa shape index (κ3) is 3.60. The first-order valence-corrected chi connectivity index (χ1v) is 7.92. The number of anilines is 1. The predicted molar refractivity (Wildman–Crippen MR) is 94.9 cm³/mol. The molecule has 3 aromatic carbocycles. The summed E-state index contributed by atoms with van der Waals surface area (Å²) in [5, 5.41) is 3.72. The lowest BCUT2D eigenvalue weighted by molar-refractivity contribution is -0.137. The number of halogens is 4. The molecule has 0 heterocycles. The van der Waals surface area contributed by atoms with Gasteiger partial charge in [0.1, 0.15) is 5.75 Å². The summed E-state index contributed by atoms with van der Waals surface area (Å²) in [5.41, 5.74) is -0.806. The predicted octanol–water partition coefficient (Wildman–Crippen LogP) is 5.77. The monoisotopic (exact) mass is 379 g/mol. The molecular weight excluding hydrogens is 367 g/mol. The Morgan fingerprint density at radius 1 is 1.04 bits per heavy atom. The van der Waals surface area contributed by atoms with Gasteiger partial charge in [-0.1, -0.05) is 35.9 Å². The zero-order valence-electron chi connectivity index (χ0n) is 13.5. The van der Waals surface area contributed by atoms with Crippen LogP contribution in [0.15, 0.2) is 54.6 Å². The third-order valence-electron chi connectivity index (χ3n) is 3.84. The minimum absolute atomic E-state index is 0.0121. The van der Waals surface area contributed by atoms with E-state index >= 15 is 0 Å². The highest BCUT2D eigenvalue weighted by Gasteiger charge is 2.33. The Morgan fingerprint density at radius 3 is 2.31 bits per heavy atom. The van der Waals surface area contributed by atoms with Crippen LogP contribution >= 0.6 is 11.6 Å². The molecule has 1 amide bonds. The Morgan fingerprint density at radius 2 is 1.69 bits per heavy atom. The summed E-state index contributed by atoms with van der Waals surface area (Å²) in [5.74, 6) is -0.255. The van der Waals surface area contributed by atoms with Crippen LogP contribution in [0.1, 0.15) is 15.9 Å². The van der Waals surface area contributed by atoms with Gasteiger partial charge < -0.3 is 10.1 Å². The van der Waals surface area contributed by atoms with Gasteiger partial charge in [0.05, 0.1) is 23.3 Å². The number of hydrogen-bond donors (Lipinski definition) is 1. The van der Waals surface area contributed by atoms with Crippen molar-refractivity contribution in [1.29, 1.82) is 0 Å². The van der Waals surface area contributed by atoms with Crippen molar-refractivity contribution in [3.05, 3.63) is 70.7 Å². The fourth-order valence-electron chi connectivity index (χ4n) is 2.58. The molecule has 0 aromatic heterocycles. The zero-order chi connectivity index (χ0) is 18.9. The van der Waals surface area contributed by atoms with Gasteiger partial charge in [-0.15, -0.1) is 0 Å². The first-order valence-electron chi connectivity index (χ1n) is 7.54. The number of carbonyl (C=O) groups is 1. The van der Waals surface area contributed by atoms with Crippen molar-refractivity contribution in [2.24, 2.45) is 0 Å². The Labute approximate surface area is 152 Å². The Hall–Kier alpha value is -2.73. The van der Waals surface area contributed by atoms with Crippen LogP contribution in [-0.4, -0.2) is 13.0 Å². The molecular formula is C19H13ClF3NO2. The lowest BCUT2D eigenvalue weighted by Gasteiger charge is -2.13.